The number of ether oxygens (including phenoxy) is 1. The first kappa shape index (κ1) is 18.7. The van der Waals surface area contributed by atoms with E-state index in [2.05, 4.69) is 37.3 Å². The maximum absolute atomic E-state index is 14.9. The van der Waals surface area contributed by atoms with Crippen molar-refractivity contribution in [2.45, 2.75) is 26.7 Å². The number of hydrogen-bond acceptors (Lipinski definition) is 2. The predicted octanol–water partition coefficient (Wildman–Crippen LogP) is 7.73. The number of benzene rings is 3. The van der Waals surface area contributed by atoms with E-state index in [1.807, 2.05) is 37.3 Å². The Labute approximate surface area is 169 Å². The number of aryl methyl sites for hydroxylation is 1. The summed E-state index contributed by atoms with van der Waals surface area (Å²) in [5.74, 6) is 0.685. The molecule has 0 saturated carbocycles. The van der Waals surface area contributed by atoms with Crippen LogP contribution >= 0.6 is 11.3 Å². The van der Waals surface area contributed by atoms with Crippen LogP contribution in [0.25, 0.3) is 31.7 Å². The lowest BCUT2D eigenvalue weighted by molar-refractivity contribution is 0.341. The van der Waals surface area contributed by atoms with Crippen LogP contribution in [0.3, 0.4) is 0 Å². The fraction of sp³-hybridized carbons (Fsp3) is 0.200. The summed E-state index contributed by atoms with van der Waals surface area (Å²) in [4.78, 5) is 1.06. The largest absolute Gasteiger partial charge is 0.494 e. The monoisotopic (exact) mass is 390 g/mol. The van der Waals surface area contributed by atoms with E-state index in [-0.39, 0.29) is 5.82 Å². The molecular formula is C25H23FOS. The molecule has 0 saturated heterocycles. The molecule has 0 aliphatic rings. The summed E-state index contributed by atoms with van der Waals surface area (Å²) in [6, 6.07) is 21.9. The summed E-state index contributed by atoms with van der Waals surface area (Å²) >= 11 is 1.66. The standard InChI is InChI=1S/C25H23FOS/c1-3-5-17-6-8-18(9-7-17)22-13-11-19(14-23(22)26)24-15-20-10-12-21(27-4-2)16-25(20)28-24/h6-16H,3-5H2,1-2H3. The number of rotatable bonds is 6. The van der Waals surface area contributed by atoms with Gasteiger partial charge in [-0.05, 0) is 65.8 Å². The first-order valence-electron chi connectivity index (χ1n) is 9.73. The SMILES string of the molecule is CCCc1ccc(-c2ccc(-c3cc4ccc(OCC)cc4s3)cc2F)cc1. The maximum Gasteiger partial charge on any atom is 0.131 e. The van der Waals surface area contributed by atoms with Crippen molar-refractivity contribution < 1.29 is 9.13 Å². The number of fused-ring (bicyclic) bond motifs is 1. The fourth-order valence-electron chi connectivity index (χ4n) is 3.45. The molecule has 0 fully saturated rings. The Morgan fingerprint density at radius 2 is 1.64 bits per heavy atom. The van der Waals surface area contributed by atoms with Crippen LogP contribution in [0.1, 0.15) is 25.8 Å². The van der Waals surface area contributed by atoms with Gasteiger partial charge in [0.25, 0.3) is 0 Å². The Morgan fingerprint density at radius 1 is 0.857 bits per heavy atom. The van der Waals surface area contributed by atoms with Crippen molar-refractivity contribution >= 4 is 21.4 Å². The van der Waals surface area contributed by atoms with E-state index in [4.69, 9.17) is 4.74 Å². The van der Waals surface area contributed by atoms with Gasteiger partial charge in [-0.3, -0.25) is 0 Å². The fourth-order valence-corrected chi connectivity index (χ4v) is 4.54. The van der Waals surface area contributed by atoms with Crippen molar-refractivity contribution in [3.05, 3.63) is 78.1 Å². The Balaban J connectivity index is 1.64. The third-order valence-corrected chi connectivity index (χ3v) is 6.01. The minimum Gasteiger partial charge on any atom is -0.494 e. The van der Waals surface area contributed by atoms with Gasteiger partial charge in [-0.25, -0.2) is 4.39 Å². The topological polar surface area (TPSA) is 9.23 Å². The Morgan fingerprint density at radius 3 is 2.36 bits per heavy atom. The zero-order valence-corrected chi connectivity index (χ0v) is 17.0. The number of hydrogen-bond donors (Lipinski definition) is 0. The molecule has 0 atom stereocenters. The van der Waals surface area contributed by atoms with E-state index in [0.29, 0.717) is 12.2 Å². The van der Waals surface area contributed by atoms with Gasteiger partial charge in [0.1, 0.15) is 11.6 Å². The molecule has 0 aliphatic carbocycles. The Hall–Kier alpha value is -2.65. The van der Waals surface area contributed by atoms with Gasteiger partial charge in [0.05, 0.1) is 6.61 Å². The molecule has 28 heavy (non-hydrogen) atoms. The summed E-state index contributed by atoms with van der Waals surface area (Å²) in [6.45, 7) is 4.79. The molecule has 4 aromatic rings. The molecule has 142 valence electrons. The van der Waals surface area contributed by atoms with Gasteiger partial charge < -0.3 is 4.74 Å². The molecular weight excluding hydrogens is 367 g/mol. The van der Waals surface area contributed by atoms with E-state index in [1.54, 1.807) is 17.4 Å². The van der Waals surface area contributed by atoms with Crippen molar-refractivity contribution in [1.82, 2.24) is 0 Å². The van der Waals surface area contributed by atoms with Crippen LogP contribution in [-0.4, -0.2) is 6.61 Å². The van der Waals surface area contributed by atoms with Gasteiger partial charge in [0.2, 0.25) is 0 Å². The van der Waals surface area contributed by atoms with Gasteiger partial charge >= 0.3 is 0 Å². The second-order valence-electron chi connectivity index (χ2n) is 6.88. The van der Waals surface area contributed by atoms with Crippen molar-refractivity contribution in [2.24, 2.45) is 0 Å². The Kier molecular flexibility index (Phi) is 5.45. The van der Waals surface area contributed by atoms with Crippen molar-refractivity contribution in [1.29, 1.82) is 0 Å². The molecule has 0 N–H and O–H groups in total. The average molecular weight is 391 g/mol. The molecule has 0 bridgehead atoms. The summed E-state index contributed by atoms with van der Waals surface area (Å²) < 4.78 is 21.6. The minimum atomic E-state index is -0.187. The third-order valence-electron chi connectivity index (χ3n) is 4.86. The molecule has 0 spiro atoms. The zero-order chi connectivity index (χ0) is 19.5. The number of thiophene rings is 1. The van der Waals surface area contributed by atoms with Crippen LogP contribution in [0.2, 0.25) is 0 Å². The first-order chi connectivity index (χ1) is 13.7. The van der Waals surface area contributed by atoms with Gasteiger partial charge in [-0.15, -0.1) is 11.3 Å². The van der Waals surface area contributed by atoms with E-state index >= 15 is 0 Å². The smallest absolute Gasteiger partial charge is 0.131 e. The van der Waals surface area contributed by atoms with Crippen LogP contribution in [-0.2, 0) is 6.42 Å². The first-order valence-corrected chi connectivity index (χ1v) is 10.5. The molecule has 0 unspecified atom stereocenters. The second-order valence-corrected chi connectivity index (χ2v) is 7.97. The van der Waals surface area contributed by atoms with Crippen LogP contribution in [0, 0.1) is 5.82 Å². The Bertz CT molecular complexity index is 1100. The highest BCUT2D eigenvalue weighted by Gasteiger charge is 2.10. The van der Waals surface area contributed by atoms with Crippen molar-refractivity contribution in [3.8, 4) is 27.3 Å². The summed E-state index contributed by atoms with van der Waals surface area (Å²) in [7, 11) is 0. The van der Waals surface area contributed by atoms with Gasteiger partial charge in [-0.2, -0.15) is 0 Å². The molecule has 1 heterocycles. The summed E-state index contributed by atoms with van der Waals surface area (Å²) in [5.41, 5.74) is 3.76. The third kappa shape index (κ3) is 3.81. The highest BCUT2D eigenvalue weighted by molar-refractivity contribution is 7.22. The predicted molar refractivity (Wildman–Crippen MR) is 118 cm³/mol. The number of halogens is 1. The van der Waals surface area contributed by atoms with Crippen LogP contribution < -0.4 is 4.74 Å². The minimum absolute atomic E-state index is 0.187. The molecule has 4 rings (SSSR count). The van der Waals surface area contributed by atoms with E-state index in [0.717, 1.165) is 44.7 Å². The zero-order valence-electron chi connectivity index (χ0n) is 16.2. The van der Waals surface area contributed by atoms with Gasteiger partial charge in [0.15, 0.2) is 0 Å². The van der Waals surface area contributed by atoms with E-state index < -0.39 is 0 Å². The van der Waals surface area contributed by atoms with E-state index in [1.165, 1.54) is 5.56 Å². The van der Waals surface area contributed by atoms with E-state index in [9.17, 15) is 4.39 Å². The molecule has 1 nitrogen and oxygen atoms in total. The molecule has 1 aromatic heterocycles. The molecule has 0 aliphatic heterocycles. The quantitative estimate of drug-likeness (QED) is 0.327. The summed E-state index contributed by atoms with van der Waals surface area (Å²) in [6.07, 6.45) is 2.17. The van der Waals surface area contributed by atoms with Crippen molar-refractivity contribution in [3.63, 3.8) is 0 Å². The van der Waals surface area contributed by atoms with Gasteiger partial charge in [-0.1, -0.05) is 49.7 Å². The molecule has 0 radical (unpaired) electrons. The van der Waals surface area contributed by atoms with Gasteiger partial charge in [0, 0.05) is 15.1 Å². The lowest BCUT2D eigenvalue weighted by Crippen LogP contribution is -1.89. The molecule has 3 aromatic carbocycles. The summed E-state index contributed by atoms with van der Waals surface area (Å²) in [5, 5.41) is 1.15. The molecule has 0 amide bonds. The average Bonchev–Trinajstić information content (AvgIpc) is 3.13. The lowest BCUT2D eigenvalue weighted by atomic mass is 10.00. The van der Waals surface area contributed by atoms with Crippen molar-refractivity contribution in [2.75, 3.05) is 6.61 Å². The maximum atomic E-state index is 14.9. The highest BCUT2D eigenvalue weighted by atomic mass is 32.1. The molecule has 3 heteroatoms. The van der Waals surface area contributed by atoms with Crippen LogP contribution in [0.5, 0.6) is 5.75 Å². The highest BCUT2D eigenvalue weighted by Crippen LogP contribution is 2.37. The van der Waals surface area contributed by atoms with Crippen LogP contribution in [0.4, 0.5) is 4.39 Å². The normalized spacial score (nSPS) is 11.1. The second kappa shape index (κ2) is 8.15. The van der Waals surface area contributed by atoms with Crippen LogP contribution in [0.15, 0.2) is 66.7 Å². The lowest BCUT2D eigenvalue weighted by Gasteiger charge is -2.07.